The minimum absolute atomic E-state index is 0.229. The molecule has 132 valence electrons. The molecule has 5 heteroatoms. The SMILES string of the molecule is c1cncc(COC2CCCN(c3nccc(C4CCCC4)n3)C2)c1. The Hall–Kier alpha value is -2.01. The molecule has 3 heterocycles. The summed E-state index contributed by atoms with van der Waals surface area (Å²) in [4.78, 5) is 15.9. The molecule has 1 saturated carbocycles. The zero-order valence-corrected chi connectivity index (χ0v) is 14.7. The van der Waals surface area contributed by atoms with Gasteiger partial charge in [-0.05, 0) is 43.4 Å². The van der Waals surface area contributed by atoms with Gasteiger partial charge in [0.2, 0.25) is 5.95 Å². The smallest absolute Gasteiger partial charge is 0.225 e. The maximum atomic E-state index is 6.11. The summed E-state index contributed by atoms with van der Waals surface area (Å²) < 4.78 is 6.11. The number of anilines is 1. The molecule has 0 amide bonds. The van der Waals surface area contributed by atoms with Gasteiger partial charge < -0.3 is 9.64 Å². The lowest BCUT2D eigenvalue weighted by atomic mass is 10.0. The Morgan fingerprint density at radius 3 is 2.84 bits per heavy atom. The van der Waals surface area contributed by atoms with Crippen molar-refractivity contribution in [3.8, 4) is 0 Å². The van der Waals surface area contributed by atoms with E-state index in [1.165, 1.54) is 31.4 Å². The van der Waals surface area contributed by atoms with E-state index in [9.17, 15) is 0 Å². The molecule has 2 fully saturated rings. The van der Waals surface area contributed by atoms with Crippen LogP contribution in [0.4, 0.5) is 5.95 Å². The first-order chi connectivity index (χ1) is 12.4. The van der Waals surface area contributed by atoms with E-state index in [0.29, 0.717) is 12.5 Å². The minimum atomic E-state index is 0.229. The van der Waals surface area contributed by atoms with Crippen LogP contribution in [0.2, 0.25) is 0 Å². The molecule has 1 saturated heterocycles. The van der Waals surface area contributed by atoms with Crippen molar-refractivity contribution in [1.82, 2.24) is 15.0 Å². The third-order valence-electron chi connectivity index (χ3n) is 5.31. The summed E-state index contributed by atoms with van der Waals surface area (Å²) >= 11 is 0. The fourth-order valence-corrected chi connectivity index (χ4v) is 3.92. The Morgan fingerprint density at radius 1 is 1.08 bits per heavy atom. The number of nitrogens with zero attached hydrogens (tertiary/aromatic N) is 4. The number of aromatic nitrogens is 3. The Kier molecular flexibility index (Phi) is 5.21. The first-order valence-corrected chi connectivity index (χ1v) is 9.47. The molecule has 2 aromatic heterocycles. The van der Waals surface area contributed by atoms with Crippen molar-refractivity contribution in [1.29, 1.82) is 0 Å². The largest absolute Gasteiger partial charge is 0.372 e. The maximum Gasteiger partial charge on any atom is 0.225 e. The lowest BCUT2D eigenvalue weighted by Crippen LogP contribution is -2.40. The molecule has 2 aliphatic rings. The maximum absolute atomic E-state index is 6.11. The van der Waals surface area contributed by atoms with Crippen LogP contribution in [-0.4, -0.2) is 34.1 Å². The topological polar surface area (TPSA) is 51.1 Å². The Balaban J connectivity index is 1.38. The quantitative estimate of drug-likeness (QED) is 0.832. The summed E-state index contributed by atoms with van der Waals surface area (Å²) in [5.74, 6) is 1.50. The van der Waals surface area contributed by atoms with Gasteiger partial charge in [0.15, 0.2) is 0 Å². The van der Waals surface area contributed by atoms with Gasteiger partial charge in [0.05, 0.1) is 12.7 Å². The van der Waals surface area contributed by atoms with E-state index in [2.05, 4.69) is 27.0 Å². The van der Waals surface area contributed by atoms with Gasteiger partial charge in [-0.15, -0.1) is 0 Å². The zero-order valence-electron chi connectivity index (χ0n) is 14.7. The molecule has 4 rings (SSSR count). The Morgan fingerprint density at radius 2 is 2.00 bits per heavy atom. The van der Waals surface area contributed by atoms with Crippen LogP contribution in [0, 0.1) is 0 Å². The highest BCUT2D eigenvalue weighted by Crippen LogP contribution is 2.33. The molecule has 1 aliphatic carbocycles. The standard InChI is InChI=1S/C20H26N4O/c1-2-7-17(6-1)19-9-11-22-20(23-19)24-12-4-8-18(14-24)25-15-16-5-3-10-21-13-16/h3,5,9-11,13,17-18H,1-2,4,6-8,12,14-15H2. The highest BCUT2D eigenvalue weighted by Gasteiger charge is 2.24. The van der Waals surface area contributed by atoms with Crippen LogP contribution in [0.25, 0.3) is 0 Å². The van der Waals surface area contributed by atoms with E-state index >= 15 is 0 Å². The van der Waals surface area contributed by atoms with Gasteiger partial charge in [-0.3, -0.25) is 4.98 Å². The number of hydrogen-bond donors (Lipinski definition) is 0. The average Bonchev–Trinajstić information content (AvgIpc) is 3.22. The predicted octanol–water partition coefficient (Wildman–Crippen LogP) is 3.71. The van der Waals surface area contributed by atoms with E-state index in [1.54, 1.807) is 6.20 Å². The fourth-order valence-electron chi connectivity index (χ4n) is 3.92. The molecule has 5 nitrogen and oxygen atoms in total. The molecular formula is C20H26N4O. The average molecular weight is 338 g/mol. The van der Waals surface area contributed by atoms with Crippen molar-refractivity contribution in [3.63, 3.8) is 0 Å². The van der Waals surface area contributed by atoms with Crippen molar-refractivity contribution < 1.29 is 4.74 Å². The molecule has 0 spiro atoms. The third-order valence-corrected chi connectivity index (χ3v) is 5.31. The summed E-state index contributed by atoms with van der Waals surface area (Å²) in [7, 11) is 0. The van der Waals surface area contributed by atoms with E-state index in [4.69, 9.17) is 9.72 Å². The number of pyridine rings is 1. The predicted molar refractivity (Wildman–Crippen MR) is 97.5 cm³/mol. The van der Waals surface area contributed by atoms with Crippen molar-refractivity contribution in [3.05, 3.63) is 48.0 Å². The molecular weight excluding hydrogens is 312 g/mol. The van der Waals surface area contributed by atoms with Gasteiger partial charge >= 0.3 is 0 Å². The summed E-state index contributed by atoms with van der Waals surface area (Å²) in [5.41, 5.74) is 2.35. The highest BCUT2D eigenvalue weighted by molar-refractivity contribution is 5.32. The van der Waals surface area contributed by atoms with Crippen LogP contribution in [0.1, 0.15) is 55.7 Å². The lowest BCUT2D eigenvalue weighted by molar-refractivity contribution is 0.0311. The first-order valence-electron chi connectivity index (χ1n) is 9.47. The van der Waals surface area contributed by atoms with Gasteiger partial charge in [0, 0.05) is 43.3 Å². The molecule has 1 atom stereocenters. The van der Waals surface area contributed by atoms with E-state index in [-0.39, 0.29) is 6.10 Å². The summed E-state index contributed by atoms with van der Waals surface area (Å²) in [6.45, 7) is 2.50. The fraction of sp³-hybridized carbons (Fsp3) is 0.550. The van der Waals surface area contributed by atoms with Crippen molar-refractivity contribution in [2.24, 2.45) is 0 Å². The first kappa shape index (κ1) is 16.5. The molecule has 25 heavy (non-hydrogen) atoms. The van der Waals surface area contributed by atoms with Crippen molar-refractivity contribution >= 4 is 5.95 Å². The van der Waals surface area contributed by atoms with E-state index < -0.39 is 0 Å². The van der Waals surface area contributed by atoms with Crippen LogP contribution in [0.15, 0.2) is 36.8 Å². The number of piperidine rings is 1. The van der Waals surface area contributed by atoms with Gasteiger partial charge in [-0.1, -0.05) is 18.9 Å². The second-order valence-electron chi connectivity index (χ2n) is 7.15. The van der Waals surface area contributed by atoms with Crippen molar-refractivity contribution in [2.45, 2.75) is 57.2 Å². The second kappa shape index (κ2) is 7.91. The van der Waals surface area contributed by atoms with Crippen LogP contribution in [-0.2, 0) is 11.3 Å². The lowest BCUT2D eigenvalue weighted by Gasteiger charge is -2.33. The molecule has 0 aromatic carbocycles. The number of rotatable bonds is 5. The number of hydrogen-bond acceptors (Lipinski definition) is 5. The van der Waals surface area contributed by atoms with E-state index in [1.807, 2.05) is 18.5 Å². The highest BCUT2D eigenvalue weighted by atomic mass is 16.5. The van der Waals surface area contributed by atoms with Gasteiger partial charge in [-0.25, -0.2) is 9.97 Å². The summed E-state index contributed by atoms with van der Waals surface area (Å²) in [5, 5.41) is 0. The normalized spacial score (nSPS) is 21.6. The molecule has 0 bridgehead atoms. The van der Waals surface area contributed by atoms with E-state index in [0.717, 1.165) is 37.4 Å². The zero-order chi connectivity index (χ0) is 16.9. The minimum Gasteiger partial charge on any atom is -0.372 e. The summed E-state index contributed by atoms with van der Waals surface area (Å²) in [6, 6.07) is 6.11. The van der Waals surface area contributed by atoms with Crippen LogP contribution in [0.5, 0.6) is 0 Å². The molecule has 2 aromatic rings. The summed E-state index contributed by atoms with van der Waals surface area (Å²) in [6.07, 6.45) is 13.2. The monoisotopic (exact) mass is 338 g/mol. The van der Waals surface area contributed by atoms with Gasteiger partial charge in [0.1, 0.15) is 0 Å². The molecule has 1 unspecified atom stereocenters. The number of ether oxygens (including phenoxy) is 1. The third kappa shape index (κ3) is 4.15. The Labute approximate surface area is 149 Å². The van der Waals surface area contributed by atoms with Gasteiger partial charge in [0.25, 0.3) is 0 Å². The van der Waals surface area contributed by atoms with Crippen LogP contribution < -0.4 is 4.90 Å². The Bertz CT molecular complexity index is 672. The van der Waals surface area contributed by atoms with Crippen LogP contribution in [0.3, 0.4) is 0 Å². The molecule has 0 N–H and O–H groups in total. The van der Waals surface area contributed by atoms with Crippen LogP contribution >= 0.6 is 0 Å². The molecule has 0 radical (unpaired) electrons. The van der Waals surface area contributed by atoms with Gasteiger partial charge in [-0.2, -0.15) is 0 Å². The second-order valence-corrected chi connectivity index (χ2v) is 7.15. The van der Waals surface area contributed by atoms with Crippen molar-refractivity contribution in [2.75, 3.05) is 18.0 Å². The molecule has 1 aliphatic heterocycles.